The van der Waals surface area contributed by atoms with E-state index in [1.54, 1.807) is 0 Å². The van der Waals surface area contributed by atoms with Crippen molar-refractivity contribution in [3.05, 3.63) is 63.6 Å². The molecular weight excluding hydrogens is 303 g/mol. The van der Waals surface area contributed by atoms with E-state index in [1.807, 2.05) is 18.2 Å². The molecule has 1 unspecified atom stereocenters. The minimum atomic E-state index is 0.493. The third-order valence-corrected chi connectivity index (χ3v) is 4.79. The molecule has 0 aliphatic carbocycles. The van der Waals surface area contributed by atoms with Crippen molar-refractivity contribution in [3.63, 3.8) is 0 Å². The van der Waals surface area contributed by atoms with Gasteiger partial charge in [0, 0.05) is 40.3 Å². The standard InChI is InChI=1S/C17H18Cl2N2/c18-15-5-3-6-16(19)14(15)11-21-10-12(8-9-20)13-4-1-2-7-17(13)21/h1-7,12H,8-11,20H2. The highest BCUT2D eigenvalue weighted by Crippen LogP contribution is 2.39. The molecule has 0 aromatic heterocycles. The molecule has 2 aromatic rings. The highest BCUT2D eigenvalue weighted by atomic mass is 35.5. The Kier molecular flexibility index (Phi) is 4.39. The van der Waals surface area contributed by atoms with Gasteiger partial charge in [-0.1, -0.05) is 47.5 Å². The van der Waals surface area contributed by atoms with E-state index in [9.17, 15) is 0 Å². The van der Waals surface area contributed by atoms with Crippen LogP contribution in [0.5, 0.6) is 0 Å². The summed E-state index contributed by atoms with van der Waals surface area (Å²) in [6.45, 7) is 2.41. The molecule has 0 saturated heterocycles. The van der Waals surface area contributed by atoms with Gasteiger partial charge >= 0.3 is 0 Å². The second kappa shape index (κ2) is 6.27. The zero-order chi connectivity index (χ0) is 14.8. The van der Waals surface area contributed by atoms with Crippen molar-refractivity contribution in [2.75, 3.05) is 18.0 Å². The number of nitrogens with two attached hydrogens (primary N) is 1. The van der Waals surface area contributed by atoms with Gasteiger partial charge in [-0.15, -0.1) is 0 Å². The van der Waals surface area contributed by atoms with Gasteiger partial charge in [-0.25, -0.2) is 0 Å². The van der Waals surface area contributed by atoms with Crippen molar-refractivity contribution in [3.8, 4) is 0 Å². The SMILES string of the molecule is NCCC1CN(Cc2c(Cl)cccc2Cl)c2ccccc21. The van der Waals surface area contributed by atoms with E-state index < -0.39 is 0 Å². The van der Waals surface area contributed by atoms with Gasteiger partial charge in [-0.05, 0) is 36.7 Å². The molecule has 0 bridgehead atoms. The Morgan fingerprint density at radius 2 is 1.76 bits per heavy atom. The quantitative estimate of drug-likeness (QED) is 0.902. The molecule has 1 heterocycles. The van der Waals surface area contributed by atoms with Gasteiger partial charge in [0.15, 0.2) is 0 Å². The van der Waals surface area contributed by atoms with Crippen LogP contribution in [-0.4, -0.2) is 13.1 Å². The number of benzene rings is 2. The van der Waals surface area contributed by atoms with E-state index in [4.69, 9.17) is 28.9 Å². The first-order valence-electron chi connectivity index (χ1n) is 7.17. The molecule has 0 saturated carbocycles. The molecule has 4 heteroatoms. The van der Waals surface area contributed by atoms with E-state index in [0.29, 0.717) is 12.5 Å². The molecule has 2 nitrogen and oxygen atoms in total. The topological polar surface area (TPSA) is 29.3 Å². The second-order valence-corrected chi connectivity index (χ2v) is 6.23. The van der Waals surface area contributed by atoms with Gasteiger partial charge in [0.25, 0.3) is 0 Å². The highest BCUT2D eigenvalue weighted by Gasteiger charge is 2.28. The van der Waals surface area contributed by atoms with Gasteiger partial charge in [-0.3, -0.25) is 0 Å². The minimum absolute atomic E-state index is 0.493. The van der Waals surface area contributed by atoms with Crippen molar-refractivity contribution >= 4 is 28.9 Å². The maximum atomic E-state index is 6.30. The first-order chi connectivity index (χ1) is 10.2. The van der Waals surface area contributed by atoms with Crippen molar-refractivity contribution in [1.29, 1.82) is 0 Å². The van der Waals surface area contributed by atoms with Crippen LogP contribution in [0.3, 0.4) is 0 Å². The number of hydrogen-bond acceptors (Lipinski definition) is 2. The monoisotopic (exact) mass is 320 g/mol. The Morgan fingerprint density at radius 1 is 1.05 bits per heavy atom. The Hall–Kier alpha value is -1.22. The normalized spacial score (nSPS) is 17.1. The molecule has 1 aliphatic heterocycles. The predicted octanol–water partition coefficient (Wildman–Crippen LogP) is 4.45. The fraction of sp³-hybridized carbons (Fsp3) is 0.294. The number of rotatable bonds is 4. The molecule has 0 radical (unpaired) electrons. The Bertz CT molecular complexity index is 622. The molecular formula is C17H18Cl2N2. The zero-order valence-corrected chi connectivity index (χ0v) is 13.2. The Balaban J connectivity index is 1.90. The van der Waals surface area contributed by atoms with Crippen LogP contribution in [-0.2, 0) is 6.54 Å². The average molecular weight is 321 g/mol. The number of nitrogens with zero attached hydrogens (tertiary/aromatic N) is 1. The number of hydrogen-bond donors (Lipinski definition) is 1. The molecule has 1 atom stereocenters. The number of halogens is 2. The van der Waals surface area contributed by atoms with Crippen molar-refractivity contribution in [2.24, 2.45) is 5.73 Å². The molecule has 3 rings (SSSR count). The average Bonchev–Trinajstić information content (AvgIpc) is 2.82. The number of fused-ring (bicyclic) bond motifs is 1. The molecule has 2 aromatic carbocycles. The molecule has 110 valence electrons. The molecule has 2 N–H and O–H groups in total. The number of anilines is 1. The predicted molar refractivity (Wildman–Crippen MR) is 90.4 cm³/mol. The first-order valence-corrected chi connectivity index (χ1v) is 7.93. The van der Waals surface area contributed by atoms with E-state index in [1.165, 1.54) is 11.3 Å². The third-order valence-electron chi connectivity index (χ3n) is 4.08. The van der Waals surface area contributed by atoms with E-state index in [2.05, 4.69) is 29.2 Å². The van der Waals surface area contributed by atoms with Crippen LogP contribution < -0.4 is 10.6 Å². The lowest BCUT2D eigenvalue weighted by atomic mass is 9.98. The summed E-state index contributed by atoms with van der Waals surface area (Å²) in [6.07, 6.45) is 1.00. The van der Waals surface area contributed by atoms with Crippen LogP contribution >= 0.6 is 23.2 Å². The molecule has 1 aliphatic rings. The zero-order valence-electron chi connectivity index (χ0n) is 11.7. The lowest BCUT2D eigenvalue weighted by Gasteiger charge is -2.21. The van der Waals surface area contributed by atoms with Crippen LogP contribution in [0.4, 0.5) is 5.69 Å². The van der Waals surface area contributed by atoms with E-state index in [0.717, 1.165) is 35.1 Å². The summed E-state index contributed by atoms with van der Waals surface area (Å²) in [4.78, 5) is 2.35. The summed E-state index contributed by atoms with van der Waals surface area (Å²) in [5.41, 5.74) is 9.39. The van der Waals surface area contributed by atoms with E-state index in [-0.39, 0.29) is 0 Å². The van der Waals surface area contributed by atoms with Crippen molar-refractivity contribution in [2.45, 2.75) is 18.9 Å². The summed E-state index contributed by atoms with van der Waals surface area (Å²) in [6, 6.07) is 14.2. The van der Waals surface area contributed by atoms with Gasteiger partial charge in [0.2, 0.25) is 0 Å². The number of para-hydroxylation sites is 1. The lowest BCUT2D eigenvalue weighted by Crippen LogP contribution is -2.22. The van der Waals surface area contributed by atoms with Gasteiger partial charge in [0.1, 0.15) is 0 Å². The van der Waals surface area contributed by atoms with Crippen LogP contribution in [0.1, 0.15) is 23.5 Å². The van der Waals surface area contributed by atoms with Crippen LogP contribution in [0.2, 0.25) is 10.0 Å². The smallest absolute Gasteiger partial charge is 0.0470 e. The van der Waals surface area contributed by atoms with Crippen LogP contribution in [0.15, 0.2) is 42.5 Å². The second-order valence-electron chi connectivity index (χ2n) is 5.41. The summed E-state index contributed by atoms with van der Waals surface area (Å²) < 4.78 is 0. The largest absolute Gasteiger partial charge is 0.366 e. The summed E-state index contributed by atoms with van der Waals surface area (Å²) in [5.74, 6) is 0.493. The Labute approximate surface area is 135 Å². The first kappa shape index (κ1) is 14.7. The maximum Gasteiger partial charge on any atom is 0.0470 e. The fourth-order valence-corrected chi connectivity index (χ4v) is 3.57. The summed E-state index contributed by atoms with van der Waals surface area (Å²) in [7, 11) is 0. The lowest BCUT2D eigenvalue weighted by molar-refractivity contribution is 0.644. The fourth-order valence-electron chi connectivity index (χ4n) is 3.06. The minimum Gasteiger partial charge on any atom is -0.366 e. The van der Waals surface area contributed by atoms with Crippen LogP contribution in [0, 0.1) is 0 Å². The van der Waals surface area contributed by atoms with Gasteiger partial charge in [0.05, 0.1) is 0 Å². The van der Waals surface area contributed by atoms with Gasteiger partial charge in [-0.2, -0.15) is 0 Å². The van der Waals surface area contributed by atoms with Crippen LogP contribution in [0.25, 0.3) is 0 Å². The molecule has 0 spiro atoms. The molecule has 0 fully saturated rings. The maximum absolute atomic E-state index is 6.30. The summed E-state index contributed by atoms with van der Waals surface area (Å²) in [5, 5.41) is 1.45. The summed E-state index contributed by atoms with van der Waals surface area (Å²) >= 11 is 12.6. The van der Waals surface area contributed by atoms with E-state index >= 15 is 0 Å². The molecule has 0 amide bonds. The van der Waals surface area contributed by atoms with Gasteiger partial charge < -0.3 is 10.6 Å². The van der Waals surface area contributed by atoms with Crippen molar-refractivity contribution < 1.29 is 0 Å². The third kappa shape index (κ3) is 2.89. The molecule has 21 heavy (non-hydrogen) atoms. The highest BCUT2D eigenvalue weighted by molar-refractivity contribution is 6.36. The van der Waals surface area contributed by atoms with Crippen molar-refractivity contribution in [1.82, 2.24) is 0 Å². The Morgan fingerprint density at radius 3 is 2.48 bits per heavy atom.